The van der Waals surface area contributed by atoms with Crippen LogP contribution in [0.4, 0.5) is 0 Å². The van der Waals surface area contributed by atoms with Gasteiger partial charge in [-0.25, -0.2) is 0 Å². The lowest BCUT2D eigenvalue weighted by Gasteiger charge is -2.34. The highest BCUT2D eigenvalue weighted by molar-refractivity contribution is 5.41. The predicted molar refractivity (Wildman–Crippen MR) is 80.0 cm³/mol. The van der Waals surface area contributed by atoms with Crippen molar-refractivity contribution in [3.63, 3.8) is 0 Å². The van der Waals surface area contributed by atoms with E-state index >= 15 is 0 Å². The smallest absolute Gasteiger partial charge is 0.0362 e. The van der Waals surface area contributed by atoms with E-state index in [2.05, 4.69) is 42.2 Å². The van der Waals surface area contributed by atoms with Crippen LogP contribution in [0.3, 0.4) is 0 Å². The molecule has 1 unspecified atom stereocenters. The Bertz CT molecular complexity index is 408. The first-order valence-electron chi connectivity index (χ1n) is 7.70. The fourth-order valence-corrected chi connectivity index (χ4v) is 3.74. The Balaban J connectivity index is 1.81. The molecule has 0 aromatic heterocycles. The topological polar surface area (TPSA) is 18.5 Å². The highest BCUT2D eigenvalue weighted by Gasteiger charge is 2.30. The maximum Gasteiger partial charge on any atom is 0.0362 e. The fourth-order valence-electron chi connectivity index (χ4n) is 3.74. The number of nitrogens with zero attached hydrogens (tertiary/aromatic N) is 2. The van der Waals surface area contributed by atoms with Crippen molar-refractivity contribution in [3.05, 3.63) is 22.9 Å². The van der Waals surface area contributed by atoms with Gasteiger partial charge in [0.05, 0.1) is 0 Å². The molecule has 2 atom stereocenters. The van der Waals surface area contributed by atoms with E-state index in [1.165, 1.54) is 32.4 Å². The van der Waals surface area contributed by atoms with Crippen LogP contribution in [0.5, 0.6) is 0 Å². The first-order chi connectivity index (χ1) is 9.15. The molecule has 1 N–H and O–H groups in total. The van der Waals surface area contributed by atoms with Gasteiger partial charge in [0.1, 0.15) is 0 Å². The molecular weight excluding hydrogens is 234 g/mol. The van der Waals surface area contributed by atoms with Crippen molar-refractivity contribution in [1.82, 2.24) is 15.1 Å². The third-order valence-corrected chi connectivity index (χ3v) is 4.87. The van der Waals surface area contributed by atoms with Crippen LogP contribution >= 0.6 is 0 Å². The SMILES string of the molecule is CC1C=C(N2CC[C@@H](N(C)C)C2)C2=C(CNCC2)C1. The quantitative estimate of drug-likeness (QED) is 0.818. The van der Waals surface area contributed by atoms with Gasteiger partial charge in [0.2, 0.25) is 0 Å². The van der Waals surface area contributed by atoms with Gasteiger partial charge >= 0.3 is 0 Å². The molecule has 3 nitrogen and oxygen atoms in total. The van der Waals surface area contributed by atoms with Crippen LogP contribution in [-0.2, 0) is 0 Å². The van der Waals surface area contributed by atoms with E-state index in [-0.39, 0.29) is 0 Å². The molecule has 0 spiro atoms. The van der Waals surface area contributed by atoms with E-state index in [1.807, 2.05) is 0 Å². The number of hydrogen-bond acceptors (Lipinski definition) is 3. The molecule has 0 aromatic rings. The van der Waals surface area contributed by atoms with Gasteiger partial charge in [-0.05, 0) is 51.4 Å². The molecule has 2 aliphatic heterocycles. The Hall–Kier alpha value is -0.800. The van der Waals surface area contributed by atoms with Crippen LogP contribution in [-0.4, -0.2) is 56.1 Å². The van der Waals surface area contributed by atoms with Crippen molar-refractivity contribution in [2.75, 3.05) is 40.3 Å². The van der Waals surface area contributed by atoms with Crippen LogP contribution in [0.1, 0.15) is 26.2 Å². The van der Waals surface area contributed by atoms with Crippen molar-refractivity contribution >= 4 is 0 Å². The minimum absolute atomic E-state index is 0.701. The van der Waals surface area contributed by atoms with Crippen molar-refractivity contribution in [3.8, 4) is 0 Å². The summed E-state index contributed by atoms with van der Waals surface area (Å²) in [6, 6.07) is 0.726. The number of allylic oxidation sites excluding steroid dienone is 2. The number of nitrogens with one attached hydrogen (secondary N) is 1. The second-order valence-electron chi connectivity index (χ2n) is 6.59. The molecule has 2 heterocycles. The summed E-state index contributed by atoms with van der Waals surface area (Å²) in [5, 5.41) is 3.53. The van der Waals surface area contributed by atoms with Gasteiger partial charge in [-0.15, -0.1) is 0 Å². The summed E-state index contributed by atoms with van der Waals surface area (Å²) in [6.45, 7) is 7.05. The zero-order valence-electron chi connectivity index (χ0n) is 12.6. The van der Waals surface area contributed by atoms with Crippen LogP contribution in [0.15, 0.2) is 22.9 Å². The fraction of sp³-hybridized carbons (Fsp3) is 0.750. The second-order valence-corrected chi connectivity index (χ2v) is 6.59. The van der Waals surface area contributed by atoms with Crippen LogP contribution in [0, 0.1) is 5.92 Å². The molecule has 0 saturated carbocycles. The molecule has 0 amide bonds. The zero-order chi connectivity index (χ0) is 13.4. The molecule has 3 rings (SSSR count). The summed E-state index contributed by atoms with van der Waals surface area (Å²) in [6.07, 6.45) is 6.32. The van der Waals surface area contributed by atoms with Crippen molar-refractivity contribution in [2.24, 2.45) is 5.92 Å². The molecule has 106 valence electrons. The lowest BCUT2D eigenvalue weighted by atomic mass is 9.85. The molecule has 0 bridgehead atoms. The van der Waals surface area contributed by atoms with Gasteiger partial charge in [-0.1, -0.05) is 18.6 Å². The zero-order valence-corrected chi connectivity index (χ0v) is 12.6. The number of rotatable bonds is 2. The monoisotopic (exact) mass is 261 g/mol. The first kappa shape index (κ1) is 13.2. The average Bonchev–Trinajstić information content (AvgIpc) is 2.87. The van der Waals surface area contributed by atoms with Gasteiger partial charge in [0.25, 0.3) is 0 Å². The lowest BCUT2D eigenvalue weighted by Crippen LogP contribution is -2.35. The Morgan fingerprint density at radius 1 is 1.37 bits per heavy atom. The average molecular weight is 261 g/mol. The molecule has 0 aromatic carbocycles. The summed E-state index contributed by atoms with van der Waals surface area (Å²) in [5.74, 6) is 0.701. The molecular formula is C16H27N3. The Kier molecular flexibility index (Phi) is 3.68. The number of hydrogen-bond donors (Lipinski definition) is 1. The van der Waals surface area contributed by atoms with Crippen LogP contribution < -0.4 is 5.32 Å². The van der Waals surface area contributed by atoms with E-state index in [1.54, 1.807) is 16.8 Å². The number of likely N-dealkylation sites (N-methyl/N-ethyl adjacent to an activating group) is 1. The van der Waals surface area contributed by atoms with E-state index < -0.39 is 0 Å². The van der Waals surface area contributed by atoms with E-state index in [0.717, 1.165) is 19.1 Å². The van der Waals surface area contributed by atoms with Gasteiger partial charge in [-0.2, -0.15) is 0 Å². The summed E-state index contributed by atoms with van der Waals surface area (Å²) < 4.78 is 0. The highest BCUT2D eigenvalue weighted by atomic mass is 15.2. The molecule has 3 aliphatic rings. The van der Waals surface area contributed by atoms with Crippen molar-refractivity contribution in [2.45, 2.75) is 32.2 Å². The van der Waals surface area contributed by atoms with Crippen LogP contribution in [0.25, 0.3) is 0 Å². The molecule has 1 aliphatic carbocycles. The van der Waals surface area contributed by atoms with Crippen molar-refractivity contribution in [1.29, 1.82) is 0 Å². The Morgan fingerprint density at radius 3 is 2.95 bits per heavy atom. The summed E-state index contributed by atoms with van der Waals surface area (Å²) in [7, 11) is 4.42. The standard InChI is InChI=1S/C16H27N3/c1-12-8-13-10-17-6-4-15(13)16(9-12)19-7-5-14(11-19)18(2)3/h9,12,14,17H,4-8,10-11H2,1-3H3/t12?,14-/m1/s1. The molecule has 1 fully saturated rings. The van der Waals surface area contributed by atoms with E-state index in [0.29, 0.717) is 5.92 Å². The van der Waals surface area contributed by atoms with Crippen LogP contribution in [0.2, 0.25) is 0 Å². The van der Waals surface area contributed by atoms with E-state index in [4.69, 9.17) is 0 Å². The summed E-state index contributed by atoms with van der Waals surface area (Å²) in [5.41, 5.74) is 4.90. The van der Waals surface area contributed by atoms with Gasteiger partial charge in [0.15, 0.2) is 0 Å². The minimum atomic E-state index is 0.701. The molecule has 19 heavy (non-hydrogen) atoms. The Morgan fingerprint density at radius 2 is 2.21 bits per heavy atom. The molecule has 1 saturated heterocycles. The van der Waals surface area contributed by atoms with Gasteiger partial charge in [0, 0.05) is 31.4 Å². The summed E-state index contributed by atoms with van der Waals surface area (Å²) in [4.78, 5) is 5.02. The lowest BCUT2D eigenvalue weighted by molar-refractivity contribution is 0.290. The van der Waals surface area contributed by atoms with Gasteiger partial charge in [-0.3, -0.25) is 0 Å². The minimum Gasteiger partial charge on any atom is -0.370 e. The van der Waals surface area contributed by atoms with Crippen molar-refractivity contribution < 1.29 is 0 Å². The number of likely N-dealkylation sites (tertiary alicyclic amines) is 1. The van der Waals surface area contributed by atoms with Gasteiger partial charge < -0.3 is 15.1 Å². The molecule has 0 radical (unpaired) electrons. The highest BCUT2D eigenvalue weighted by Crippen LogP contribution is 2.35. The first-order valence-corrected chi connectivity index (χ1v) is 7.70. The van der Waals surface area contributed by atoms with E-state index in [9.17, 15) is 0 Å². The maximum absolute atomic E-state index is 3.53. The largest absolute Gasteiger partial charge is 0.370 e. The normalized spacial score (nSPS) is 31.8. The Labute approximate surface area is 117 Å². The third kappa shape index (κ3) is 2.59. The molecule has 3 heteroatoms. The maximum atomic E-state index is 3.53. The summed E-state index contributed by atoms with van der Waals surface area (Å²) >= 11 is 0. The third-order valence-electron chi connectivity index (χ3n) is 4.87. The predicted octanol–water partition coefficient (Wildman–Crippen LogP) is 1.84. The second kappa shape index (κ2) is 5.29.